The summed E-state index contributed by atoms with van der Waals surface area (Å²) >= 11 is 0. The van der Waals surface area contributed by atoms with Crippen molar-refractivity contribution in [2.45, 2.75) is 6.42 Å². The summed E-state index contributed by atoms with van der Waals surface area (Å²) in [5, 5.41) is 3.36. The maximum Gasteiger partial charge on any atom is 0.0346 e. The predicted octanol–water partition coefficient (Wildman–Crippen LogP) is 3.14. The molecule has 0 amide bonds. The van der Waals surface area contributed by atoms with E-state index in [1.807, 2.05) is 24.3 Å². The molecule has 0 bridgehead atoms. The summed E-state index contributed by atoms with van der Waals surface area (Å²) in [5.41, 5.74) is 2.50. The van der Waals surface area contributed by atoms with Gasteiger partial charge in [-0.1, -0.05) is 42.5 Å². The first-order valence-electron chi connectivity index (χ1n) is 5.19. The molecule has 0 aromatic heterocycles. The molecule has 1 N–H and O–H groups in total. The standard InChI is InChI=1S/C14H14N/c1-3-7-13(8-4-1)11-12-15-14-9-5-2-6-10-14/h1-5,7-10,15H,11-12H2. The van der Waals surface area contributed by atoms with Gasteiger partial charge in [-0.3, -0.25) is 0 Å². The van der Waals surface area contributed by atoms with Gasteiger partial charge in [0.05, 0.1) is 0 Å². The van der Waals surface area contributed by atoms with Gasteiger partial charge < -0.3 is 5.32 Å². The highest BCUT2D eigenvalue weighted by atomic mass is 14.9. The van der Waals surface area contributed by atoms with Crippen LogP contribution in [0.4, 0.5) is 5.69 Å². The fourth-order valence-electron chi connectivity index (χ4n) is 1.50. The van der Waals surface area contributed by atoms with Crippen LogP contribution in [0, 0.1) is 6.07 Å². The van der Waals surface area contributed by atoms with Gasteiger partial charge in [0.25, 0.3) is 0 Å². The Morgan fingerprint density at radius 3 is 2.60 bits per heavy atom. The van der Waals surface area contributed by atoms with Crippen LogP contribution in [-0.4, -0.2) is 6.54 Å². The molecular formula is C14H14N. The summed E-state index contributed by atoms with van der Waals surface area (Å²) in [4.78, 5) is 0. The second kappa shape index (κ2) is 5.20. The maximum absolute atomic E-state index is 3.36. The van der Waals surface area contributed by atoms with E-state index >= 15 is 0 Å². The van der Waals surface area contributed by atoms with Gasteiger partial charge in [-0.15, -0.1) is 0 Å². The molecule has 0 saturated carbocycles. The summed E-state index contributed by atoms with van der Waals surface area (Å²) in [6.45, 7) is 0.960. The molecule has 15 heavy (non-hydrogen) atoms. The summed E-state index contributed by atoms with van der Waals surface area (Å²) in [6, 6.07) is 21.5. The summed E-state index contributed by atoms with van der Waals surface area (Å²) < 4.78 is 0. The summed E-state index contributed by atoms with van der Waals surface area (Å²) in [7, 11) is 0. The van der Waals surface area contributed by atoms with Crippen LogP contribution in [0.1, 0.15) is 5.56 Å². The fourth-order valence-corrected chi connectivity index (χ4v) is 1.50. The van der Waals surface area contributed by atoms with Crippen molar-refractivity contribution in [1.82, 2.24) is 0 Å². The van der Waals surface area contributed by atoms with Crippen LogP contribution in [0.2, 0.25) is 0 Å². The molecule has 0 heterocycles. The van der Waals surface area contributed by atoms with Crippen LogP contribution < -0.4 is 5.32 Å². The van der Waals surface area contributed by atoms with Crippen molar-refractivity contribution in [1.29, 1.82) is 0 Å². The number of anilines is 1. The van der Waals surface area contributed by atoms with E-state index in [1.165, 1.54) is 5.56 Å². The lowest BCUT2D eigenvalue weighted by atomic mass is 10.1. The molecular weight excluding hydrogens is 182 g/mol. The molecule has 0 unspecified atom stereocenters. The Hall–Kier alpha value is -1.76. The van der Waals surface area contributed by atoms with Crippen LogP contribution in [0.3, 0.4) is 0 Å². The maximum atomic E-state index is 3.36. The molecule has 0 fully saturated rings. The lowest BCUT2D eigenvalue weighted by Crippen LogP contribution is -2.04. The van der Waals surface area contributed by atoms with E-state index in [-0.39, 0.29) is 0 Å². The van der Waals surface area contributed by atoms with Crippen LogP contribution >= 0.6 is 0 Å². The molecule has 75 valence electrons. The third kappa shape index (κ3) is 3.13. The fraction of sp³-hybridized carbons (Fsp3) is 0.143. The minimum Gasteiger partial charge on any atom is -0.385 e. The average molecular weight is 196 g/mol. The third-order valence-electron chi connectivity index (χ3n) is 2.29. The second-order valence-corrected chi connectivity index (χ2v) is 3.45. The van der Waals surface area contributed by atoms with Crippen molar-refractivity contribution in [3.05, 3.63) is 66.2 Å². The lowest BCUT2D eigenvalue weighted by Gasteiger charge is -2.05. The first-order valence-corrected chi connectivity index (χ1v) is 5.19. The zero-order chi connectivity index (χ0) is 10.3. The zero-order valence-corrected chi connectivity index (χ0v) is 8.61. The minimum absolute atomic E-state index is 0.960. The highest BCUT2D eigenvalue weighted by Crippen LogP contribution is 2.05. The van der Waals surface area contributed by atoms with Gasteiger partial charge in [0.15, 0.2) is 0 Å². The molecule has 1 heteroatoms. The van der Waals surface area contributed by atoms with Crippen LogP contribution in [-0.2, 0) is 6.42 Å². The van der Waals surface area contributed by atoms with Crippen LogP contribution in [0.15, 0.2) is 54.6 Å². The van der Waals surface area contributed by atoms with Gasteiger partial charge in [0.2, 0.25) is 0 Å². The van der Waals surface area contributed by atoms with Crippen LogP contribution in [0.5, 0.6) is 0 Å². The number of hydrogen-bond acceptors (Lipinski definition) is 1. The third-order valence-corrected chi connectivity index (χ3v) is 2.29. The summed E-state index contributed by atoms with van der Waals surface area (Å²) in [6.07, 6.45) is 1.05. The number of nitrogens with one attached hydrogen (secondary N) is 1. The van der Waals surface area contributed by atoms with Gasteiger partial charge in [0.1, 0.15) is 0 Å². The highest BCUT2D eigenvalue weighted by Gasteiger charge is 1.91. The largest absolute Gasteiger partial charge is 0.385 e. The predicted molar refractivity (Wildman–Crippen MR) is 63.9 cm³/mol. The molecule has 1 nitrogen and oxygen atoms in total. The quantitative estimate of drug-likeness (QED) is 0.792. The molecule has 0 aliphatic rings. The smallest absolute Gasteiger partial charge is 0.0346 e. The Labute approximate surface area is 90.8 Å². The first-order chi connectivity index (χ1) is 7.45. The van der Waals surface area contributed by atoms with E-state index in [0.717, 1.165) is 18.7 Å². The molecule has 1 radical (unpaired) electrons. The first kappa shape index (κ1) is 9.78. The molecule has 0 spiro atoms. The van der Waals surface area contributed by atoms with Gasteiger partial charge in [-0.25, -0.2) is 0 Å². The molecule has 2 aromatic carbocycles. The number of rotatable bonds is 4. The molecule has 2 rings (SSSR count). The van der Waals surface area contributed by atoms with E-state index in [1.54, 1.807) is 0 Å². The zero-order valence-electron chi connectivity index (χ0n) is 8.61. The Balaban J connectivity index is 1.81. The van der Waals surface area contributed by atoms with Gasteiger partial charge in [0, 0.05) is 12.2 Å². The molecule has 0 aliphatic carbocycles. The summed E-state index contributed by atoms with van der Waals surface area (Å²) in [5.74, 6) is 0. The van der Waals surface area contributed by atoms with Crippen molar-refractivity contribution in [3.63, 3.8) is 0 Å². The minimum atomic E-state index is 0.960. The van der Waals surface area contributed by atoms with E-state index in [0.29, 0.717) is 0 Å². The van der Waals surface area contributed by atoms with Gasteiger partial charge in [-0.05, 0) is 30.2 Å². The molecule has 0 saturated heterocycles. The van der Waals surface area contributed by atoms with E-state index < -0.39 is 0 Å². The van der Waals surface area contributed by atoms with Crippen molar-refractivity contribution in [2.24, 2.45) is 0 Å². The lowest BCUT2D eigenvalue weighted by molar-refractivity contribution is 1.02. The van der Waals surface area contributed by atoms with Gasteiger partial charge in [-0.2, -0.15) is 0 Å². The van der Waals surface area contributed by atoms with Crippen molar-refractivity contribution < 1.29 is 0 Å². The monoisotopic (exact) mass is 196 g/mol. The molecule has 0 atom stereocenters. The Morgan fingerprint density at radius 2 is 1.87 bits per heavy atom. The van der Waals surface area contributed by atoms with E-state index in [4.69, 9.17) is 0 Å². The molecule has 0 aliphatic heterocycles. The Bertz CT molecular complexity index is 341. The van der Waals surface area contributed by atoms with Crippen LogP contribution in [0.25, 0.3) is 0 Å². The van der Waals surface area contributed by atoms with Crippen molar-refractivity contribution in [2.75, 3.05) is 11.9 Å². The molecule has 2 aromatic rings. The highest BCUT2D eigenvalue weighted by molar-refractivity contribution is 5.42. The van der Waals surface area contributed by atoms with Gasteiger partial charge >= 0.3 is 0 Å². The Kier molecular flexibility index (Phi) is 3.39. The van der Waals surface area contributed by atoms with Crippen molar-refractivity contribution in [3.8, 4) is 0 Å². The van der Waals surface area contributed by atoms with E-state index in [9.17, 15) is 0 Å². The number of benzene rings is 2. The second-order valence-electron chi connectivity index (χ2n) is 3.45. The average Bonchev–Trinajstić information content (AvgIpc) is 2.32. The normalized spacial score (nSPS) is 9.87. The SMILES string of the molecule is [c]1cccc(NCCc2ccccc2)c1. The van der Waals surface area contributed by atoms with Crippen molar-refractivity contribution >= 4 is 5.69 Å². The Morgan fingerprint density at radius 1 is 1.00 bits per heavy atom. The number of hydrogen-bond donors (Lipinski definition) is 1. The van der Waals surface area contributed by atoms with E-state index in [2.05, 4.69) is 41.7 Å². The topological polar surface area (TPSA) is 12.0 Å².